The van der Waals surface area contributed by atoms with Gasteiger partial charge in [0.05, 0.1) is 5.69 Å². The average Bonchev–Trinajstić information content (AvgIpc) is 4.18. The second-order valence-corrected chi connectivity index (χ2v) is 22.5. The lowest BCUT2D eigenvalue weighted by Crippen LogP contribution is -2.61. The fourth-order valence-corrected chi connectivity index (χ4v) is 12.9. The van der Waals surface area contributed by atoms with Crippen LogP contribution in [-0.2, 0) is 5.41 Å². The molecule has 0 bridgehead atoms. The fraction of sp³-hybridized carbons (Fsp3) is 0.0541. The second-order valence-electron chi connectivity index (χ2n) is 22.5. The summed E-state index contributed by atoms with van der Waals surface area (Å²) in [5, 5.41) is 6.66. The maximum atomic E-state index is 7.10. The van der Waals surface area contributed by atoms with Crippen LogP contribution in [0.25, 0.3) is 88.0 Å². The van der Waals surface area contributed by atoms with E-state index in [1.54, 1.807) is 0 Å². The molecule has 0 atom stereocenters. The van der Waals surface area contributed by atoms with Gasteiger partial charge in [-0.3, -0.25) is 0 Å². The Balaban J connectivity index is 1.07. The Morgan fingerprint density at radius 2 is 0.925 bits per heavy atom. The van der Waals surface area contributed by atoms with Crippen molar-refractivity contribution < 1.29 is 8.83 Å². The third-order valence-electron chi connectivity index (χ3n) is 16.7. The van der Waals surface area contributed by atoms with Gasteiger partial charge in [0, 0.05) is 84.6 Å². The van der Waals surface area contributed by atoms with Gasteiger partial charge in [-0.15, -0.1) is 0 Å². The highest BCUT2D eigenvalue weighted by Crippen LogP contribution is 2.53. The van der Waals surface area contributed by atoms with Gasteiger partial charge in [0.1, 0.15) is 22.3 Å². The Morgan fingerprint density at radius 3 is 1.62 bits per heavy atom. The Morgan fingerprint density at radius 1 is 0.362 bits per heavy atom. The van der Waals surface area contributed by atoms with Gasteiger partial charge in [0.2, 0.25) is 0 Å². The lowest BCUT2D eigenvalue weighted by molar-refractivity contribution is 0.590. The predicted molar refractivity (Wildman–Crippen MR) is 336 cm³/mol. The van der Waals surface area contributed by atoms with Gasteiger partial charge in [-0.2, -0.15) is 0 Å². The molecule has 0 N–H and O–H groups in total. The molecule has 5 nitrogen and oxygen atoms in total. The first-order valence-corrected chi connectivity index (χ1v) is 27.7. The first kappa shape index (κ1) is 46.1. The van der Waals surface area contributed by atoms with E-state index in [1.165, 1.54) is 27.4 Å². The minimum Gasteiger partial charge on any atom is -0.456 e. The zero-order chi connectivity index (χ0) is 53.2. The van der Waals surface area contributed by atoms with Gasteiger partial charge < -0.3 is 23.4 Å². The van der Waals surface area contributed by atoms with Gasteiger partial charge in [-0.05, 0) is 140 Å². The van der Waals surface area contributed by atoms with E-state index in [1.807, 2.05) is 0 Å². The molecule has 16 rings (SSSR count). The average molecular weight is 1030 g/mol. The van der Waals surface area contributed by atoms with Crippen LogP contribution in [0.5, 0.6) is 0 Å². The molecule has 0 saturated carbocycles. The third kappa shape index (κ3) is 7.25. The van der Waals surface area contributed by atoms with Crippen molar-refractivity contribution in [3.05, 3.63) is 266 Å². The van der Waals surface area contributed by atoms with Crippen molar-refractivity contribution in [3.63, 3.8) is 0 Å². The van der Waals surface area contributed by atoms with E-state index >= 15 is 0 Å². The van der Waals surface area contributed by atoms with E-state index in [0.717, 1.165) is 123 Å². The number of nitrogens with zero attached hydrogens (tertiary/aromatic N) is 3. The summed E-state index contributed by atoms with van der Waals surface area (Å²) < 4.78 is 14.0. The van der Waals surface area contributed by atoms with Crippen LogP contribution in [0.15, 0.2) is 270 Å². The Bertz CT molecular complexity index is 4720. The van der Waals surface area contributed by atoms with Crippen molar-refractivity contribution in [2.75, 3.05) is 14.6 Å². The highest BCUT2D eigenvalue weighted by Gasteiger charge is 2.47. The molecule has 0 spiro atoms. The van der Waals surface area contributed by atoms with Crippen molar-refractivity contribution in [2.24, 2.45) is 0 Å². The molecule has 4 heterocycles. The zero-order valence-electron chi connectivity index (χ0n) is 44.6. The summed E-state index contributed by atoms with van der Waals surface area (Å²) in [4.78, 5) is 7.57. The fourth-order valence-electron chi connectivity index (χ4n) is 12.9. The van der Waals surface area contributed by atoms with Crippen LogP contribution in [0.4, 0.5) is 45.5 Å². The zero-order valence-corrected chi connectivity index (χ0v) is 44.6. The van der Waals surface area contributed by atoms with E-state index in [9.17, 15) is 0 Å². The van der Waals surface area contributed by atoms with E-state index in [4.69, 9.17) is 8.83 Å². The minimum atomic E-state index is -0.317. The quantitative estimate of drug-likeness (QED) is 0.149. The Labute approximate surface area is 464 Å². The summed E-state index contributed by atoms with van der Waals surface area (Å²) in [6.07, 6.45) is 0. The SMILES string of the molecule is CC(C)(C)c1ccc(N2c3cc4oc5cc6ccccc6cc5c4cc3B3c4c(cc(N(c5ccccc5)c5ccccc5)cc42)-c2cc4c(cc2N3c2ccc(-c3ccccc3)cc2)oc2ccccc24)c(-c2ccccc2)c1. The molecule has 0 saturated heterocycles. The summed E-state index contributed by atoms with van der Waals surface area (Å²) in [6.45, 7) is 6.60. The van der Waals surface area contributed by atoms with E-state index < -0.39 is 0 Å². The molecule has 0 fully saturated rings. The van der Waals surface area contributed by atoms with Crippen molar-refractivity contribution in [3.8, 4) is 33.4 Å². The molecule has 0 radical (unpaired) electrons. The minimum absolute atomic E-state index is 0.106. The number of hydrogen-bond donors (Lipinski definition) is 0. The van der Waals surface area contributed by atoms with Crippen LogP contribution in [0.1, 0.15) is 26.3 Å². The first-order valence-electron chi connectivity index (χ1n) is 27.7. The van der Waals surface area contributed by atoms with Crippen LogP contribution < -0.4 is 25.5 Å². The van der Waals surface area contributed by atoms with E-state index in [0.29, 0.717) is 0 Å². The molecule has 12 aromatic carbocycles. The molecule has 0 aliphatic carbocycles. The van der Waals surface area contributed by atoms with Crippen LogP contribution in [0.3, 0.4) is 0 Å². The number of para-hydroxylation sites is 3. The van der Waals surface area contributed by atoms with Crippen LogP contribution >= 0.6 is 0 Å². The van der Waals surface area contributed by atoms with Crippen molar-refractivity contribution in [2.45, 2.75) is 26.2 Å². The number of fused-ring (bicyclic) bond motifs is 11. The topological polar surface area (TPSA) is 36.0 Å². The molecule has 2 aliphatic heterocycles. The number of hydrogen-bond acceptors (Lipinski definition) is 5. The van der Waals surface area contributed by atoms with Gasteiger partial charge in [0.25, 0.3) is 0 Å². The normalized spacial score (nSPS) is 12.9. The Hall–Kier alpha value is -10.0. The largest absolute Gasteiger partial charge is 0.456 e. The first-order chi connectivity index (χ1) is 39.3. The lowest BCUT2D eigenvalue weighted by atomic mass is 9.43. The molecule has 378 valence electrons. The van der Waals surface area contributed by atoms with Crippen LogP contribution in [0, 0.1) is 0 Å². The summed E-state index contributed by atoms with van der Waals surface area (Å²) in [7, 11) is 0. The number of rotatable bonds is 7. The van der Waals surface area contributed by atoms with Crippen molar-refractivity contribution >= 4 is 118 Å². The molecule has 0 amide bonds. The van der Waals surface area contributed by atoms with E-state index in [-0.39, 0.29) is 12.3 Å². The van der Waals surface area contributed by atoms with Crippen LogP contribution in [0.2, 0.25) is 0 Å². The third-order valence-corrected chi connectivity index (χ3v) is 16.7. The standard InChI is InChI=1S/C74H52BN3O2/c1-74(2,3)52-34-37-65(58(40-52)49-22-10-5-11-23-49)77-67-46-72-62(60-38-50-24-16-17-25-51(50)39-70(60)80-72)44-64(67)75-73-63(41-56(42-68(73)77)76(53-26-12-6-13-27-53)54-28-14-7-15-29-54)59-43-61-57-30-18-19-31-69(57)79-71(61)45-66(59)78(75)55-35-32-48(33-36-55)47-20-8-4-9-21-47/h4-46H,1-3H3. The van der Waals surface area contributed by atoms with Gasteiger partial charge in [0.15, 0.2) is 0 Å². The molecule has 14 aromatic rings. The van der Waals surface area contributed by atoms with Crippen molar-refractivity contribution in [1.29, 1.82) is 0 Å². The number of benzene rings is 12. The van der Waals surface area contributed by atoms with Gasteiger partial charge in [-0.25, -0.2) is 0 Å². The smallest absolute Gasteiger partial charge is 0.333 e. The summed E-state index contributed by atoms with van der Waals surface area (Å²) >= 11 is 0. The van der Waals surface area contributed by atoms with Crippen LogP contribution in [-0.4, -0.2) is 6.85 Å². The Kier molecular flexibility index (Phi) is 10.2. The predicted octanol–water partition coefficient (Wildman–Crippen LogP) is 19.4. The molecule has 2 aromatic heterocycles. The summed E-state index contributed by atoms with van der Waals surface area (Å²) in [5.74, 6) is 0. The van der Waals surface area contributed by atoms with Gasteiger partial charge in [-0.1, -0.05) is 185 Å². The van der Waals surface area contributed by atoms with E-state index in [2.05, 4.69) is 296 Å². The maximum absolute atomic E-state index is 7.10. The number of furan rings is 2. The van der Waals surface area contributed by atoms with Crippen molar-refractivity contribution in [1.82, 2.24) is 0 Å². The summed E-state index contributed by atoms with van der Waals surface area (Å²) in [5.41, 5.74) is 22.4. The highest BCUT2D eigenvalue weighted by molar-refractivity contribution is 6.94. The molecular formula is C74H52BN3O2. The molecule has 0 unspecified atom stereocenters. The lowest BCUT2D eigenvalue weighted by Gasteiger charge is -2.46. The second kappa shape index (κ2) is 17.8. The molecule has 6 heteroatoms. The van der Waals surface area contributed by atoms with Gasteiger partial charge >= 0.3 is 6.85 Å². The maximum Gasteiger partial charge on any atom is 0.333 e. The number of anilines is 8. The molecule has 2 aliphatic rings. The monoisotopic (exact) mass is 1030 g/mol. The molecule has 80 heavy (non-hydrogen) atoms. The summed E-state index contributed by atoms with van der Waals surface area (Å²) in [6, 6.07) is 95.4. The molecular weight excluding hydrogens is 974 g/mol. The highest BCUT2D eigenvalue weighted by atomic mass is 16.3.